The standard InChI is InChI=1S/C25H31ClN4O3/c1-18-4-3-5-19(2)30(18)24(31)17-33-22-9-6-20(7-10-22)25(32)29-14-12-28(13-15-29)23-11-8-21(26)16-27-23/h6-11,16,18-19H,3-5,12-15,17H2,1-2H3. The van der Waals surface area contributed by atoms with Gasteiger partial charge in [-0.1, -0.05) is 11.6 Å². The number of anilines is 1. The lowest BCUT2D eigenvalue weighted by Crippen LogP contribution is -2.49. The molecule has 2 aliphatic rings. The maximum absolute atomic E-state index is 12.9. The number of benzene rings is 1. The van der Waals surface area contributed by atoms with Crippen LogP contribution in [0, 0.1) is 0 Å². The number of ether oxygens (including phenoxy) is 1. The molecule has 0 radical (unpaired) electrons. The third-order valence-electron chi connectivity index (χ3n) is 6.55. The summed E-state index contributed by atoms with van der Waals surface area (Å²) in [5.74, 6) is 1.48. The van der Waals surface area contributed by atoms with Crippen LogP contribution in [-0.4, -0.2) is 71.5 Å². The molecular formula is C25H31ClN4O3. The predicted molar refractivity (Wildman–Crippen MR) is 129 cm³/mol. The largest absolute Gasteiger partial charge is 0.484 e. The van der Waals surface area contributed by atoms with Crippen LogP contribution in [0.4, 0.5) is 5.82 Å². The molecule has 3 heterocycles. The van der Waals surface area contributed by atoms with Gasteiger partial charge in [-0.2, -0.15) is 0 Å². The molecule has 33 heavy (non-hydrogen) atoms. The van der Waals surface area contributed by atoms with E-state index in [0.717, 1.165) is 38.2 Å². The first kappa shape index (κ1) is 23.4. The van der Waals surface area contributed by atoms with E-state index in [0.29, 0.717) is 29.4 Å². The molecular weight excluding hydrogens is 440 g/mol. The normalized spacial score (nSPS) is 21.1. The quantitative estimate of drug-likeness (QED) is 0.663. The number of nitrogens with zero attached hydrogens (tertiary/aromatic N) is 4. The number of rotatable bonds is 5. The minimum absolute atomic E-state index is 0.00249. The Morgan fingerprint density at radius 3 is 2.27 bits per heavy atom. The van der Waals surface area contributed by atoms with Gasteiger partial charge in [0.1, 0.15) is 11.6 Å². The minimum Gasteiger partial charge on any atom is -0.484 e. The summed E-state index contributed by atoms with van der Waals surface area (Å²) in [6, 6.07) is 11.3. The molecule has 2 aliphatic heterocycles. The zero-order chi connectivity index (χ0) is 23.4. The van der Waals surface area contributed by atoms with Crippen molar-refractivity contribution in [3.8, 4) is 5.75 Å². The van der Waals surface area contributed by atoms with Gasteiger partial charge < -0.3 is 19.4 Å². The summed E-state index contributed by atoms with van der Waals surface area (Å²) in [6.45, 7) is 6.90. The Kier molecular flexibility index (Phi) is 7.38. The van der Waals surface area contributed by atoms with Crippen LogP contribution in [0.15, 0.2) is 42.6 Å². The van der Waals surface area contributed by atoms with Gasteiger partial charge in [-0.25, -0.2) is 4.98 Å². The molecule has 7 nitrogen and oxygen atoms in total. The molecule has 0 N–H and O–H groups in total. The van der Waals surface area contributed by atoms with E-state index in [9.17, 15) is 9.59 Å². The van der Waals surface area contributed by atoms with Crippen LogP contribution in [0.1, 0.15) is 43.5 Å². The first-order valence-corrected chi connectivity index (χ1v) is 12.0. The smallest absolute Gasteiger partial charge is 0.260 e. The number of hydrogen-bond donors (Lipinski definition) is 0. The van der Waals surface area contributed by atoms with Gasteiger partial charge in [-0.15, -0.1) is 0 Å². The van der Waals surface area contributed by atoms with Gasteiger partial charge in [0.2, 0.25) is 0 Å². The van der Waals surface area contributed by atoms with Crippen molar-refractivity contribution in [2.24, 2.45) is 0 Å². The van der Waals surface area contributed by atoms with Crippen LogP contribution in [0.5, 0.6) is 5.75 Å². The Labute approximate surface area is 200 Å². The second-order valence-electron chi connectivity index (χ2n) is 8.86. The van der Waals surface area contributed by atoms with Gasteiger partial charge in [0.15, 0.2) is 6.61 Å². The highest BCUT2D eigenvalue weighted by Crippen LogP contribution is 2.23. The Hall–Kier alpha value is -2.80. The first-order valence-electron chi connectivity index (χ1n) is 11.6. The Morgan fingerprint density at radius 1 is 1.00 bits per heavy atom. The fourth-order valence-electron chi connectivity index (χ4n) is 4.70. The Balaban J connectivity index is 1.28. The zero-order valence-electron chi connectivity index (χ0n) is 19.2. The highest BCUT2D eigenvalue weighted by atomic mass is 35.5. The molecule has 0 saturated carbocycles. The number of pyridine rings is 1. The van der Waals surface area contributed by atoms with E-state index in [2.05, 4.69) is 23.7 Å². The molecule has 4 rings (SSSR count). The highest BCUT2D eigenvalue weighted by molar-refractivity contribution is 6.30. The number of piperazine rings is 1. The van der Waals surface area contributed by atoms with Crippen LogP contribution in [-0.2, 0) is 4.79 Å². The SMILES string of the molecule is CC1CCCC(C)N1C(=O)COc1ccc(C(=O)N2CCN(c3ccc(Cl)cn3)CC2)cc1. The van der Waals surface area contributed by atoms with Gasteiger partial charge in [0, 0.05) is 50.0 Å². The molecule has 2 unspecified atom stereocenters. The molecule has 0 spiro atoms. The summed E-state index contributed by atoms with van der Waals surface area (Å²) >= 11 is 5.91. The van der Waals surface area contributed by atoms with Gasteiger partial charge >= 0.3 is 0 Å². The number of amides is 2. The minimum atomic E-state index is -0.00249. The summed E-state index contributed by atoms with van der Waals surface area (Å²) in [4.78, 5) is 35.9. The van der Waals surface area contributed by atoms with Gasteiger partial charge in [-0.05, 0) is 69.5 Å². The maximum atomic E-state index is 12.9. The average molecular weight is 471 g/mol. The average Bonchev–Trinajstić information content (AvgIpc) is 2.83. The maximum Gasteiger partial charge on any atom is 0.260 e. The van der Waals surface area contributed by atoms with E-state index in [-0.39, 0.29) is 30.5 Å². The summed E-state index contributed by atoms with van der Waals surface area (Å²) in [7, 11) is 0. The molecule has 8 heteroatoms. The number of carbonyl (C=O) groups excluding carboxylic acids is 2. The van der Waals surface area contributed by atoms with Crippen molar-refractivity contribution < 1.29 is 14.3 Å². The molecule has 1 aromatic carbocycles. The fourth-order valence-corrected chi connectivity index (χ4v) is 4.81. The van der Waals surface area contributed by atoms with E-state index in [4.69, 9.17) is 16.3 Å². The highest BCUT2D eigenvalue weighted by Gasteiger charge is 2.29. The fraction of sp³-hybridized carbons (Fsp3) is 0.480. The van der Waals surface area contributed by atoms with Crippen LogP contribution in [0.25, 0.3) is 0 Å². The zero-order valence-corrected chi connectivity index (χ0v) is 20.0. The molecule has 0 bridgehead atoms. The molecule has 2 aromatic rings. The monoisotopic (exact) mass is 470 g/mol. The van der Waals surface area contributed by atoms with E-state index < -0.39 is 0 Å². The van der Waals surface area contributed by atoms with Crippen molar-refractivity contribution in [1.82, 2.24) is 14.8 Å². The van der Waals surface area contributed by atoms with Crippen LogP contribution in [0.3, 0.4) is 0 Å². The summed E-state index contributed by atoms with van der Waals surface area (Å²) in [5, 5.41) is 0.611. The Morgan fingerprint density at radius 2 is 1.67 bits per heavy atom. The lowest BCUT2D eigenvalue weighted by Gasteiger charge is -2.39. The molecule has 0 aliphatic carbocycles. The molecule has 2 fully saturated rings. The number of carbonyl (C=O) groups is 2. The van der Waals surface area contributed by atoms with E-state index in [1.165, 1.54) is 0 Å². The van der Waals surface area contributed by atoms with Gasteiger partial charge in [0.05, 0.1) is 5.02 Å². The number of hydrogen-bond acceptors (Lipinski definition) is 5. The van der Waals surface area contributed by atoms with Gasteiger partial charge in [-0.3, -0.25) is 9.59 Å². The lowest BCUT2D eigenvalue weighted by atomic mass is 9.97. The topological polar surface area (TPSA) is 66.0 Å². The summed E-state index contributed by atoms with van der Waals surface area (Å²) < 4.78 is 5.73. The number of aromatic nitrogens is 1. The van der Waals surface area contributed by atoms with Crippen molar-refractivity contribution >= 4 is 29.2 Å². The number of piperidine rings is 1. The number of likely N-dealkylation sites (tertiary alicyclic amines) is 1. The molecule has 2 saturated heterocycles. The van der Waals surface area contributed by atoms with E-state index >= 15 is 0 Å². The van der Waals surface area contributed by atoms with E-state index in [1.54, 1.807) is 30.5 Å². The predicted octanol–water partition coefficient (Wildman–Crippen LogP) is 3.87. The molecule has 1 aromatic heterocycles. The lowest BCUT2D eigenvalue weighted by molar-refractivity contribution is -0.139. The molecule has 2 amide bonds. The summed E-state index contributed by atoms with van der Waals surface area (Å²) in [5.41, 5.74) is 0.616. The second-order valence-corrected chi connectivity index (χ2v) is 9.29. The van der Waals surface area contributed by atoms with E-state index in [1.807, 2.05) is 21.9 Å². The molecule has 176 valence electrons. The third-order valence-corrected chi connectivity index (χ3v) is 6.77. The van der Waals surface area contributed by atoms with Crippen molar-refractivity contribution in [1.29, 1.82) is 0 Å². The van der Waals surface area contributed by atoms with Crippen molar-refractivity contribution in [2.75, 3.05) is 37.7 Å². The summed E-state index contributed by atoms with van der Waals surface area (Å²) in [6.07, 6.45) is 4.88. The van der Waals surface area contributed by atoms with Crippen LogP contribution in [0.2, 0.25) is 5.02 Å². The number of halogens is 1. The molecule has 2 atom stereocenters. The second kappa shape index (κ2) is 10.4. The third kappa shape index (κ3) is 5.58. The first-order chi connectivity index (χ1) is 15.9. The van der Waals surface area contributed by atoms with Crippen molar-refractivity contribution in [3.05, 3.63) is 53.2 Å². The van der Waals surface area contributed by atoms with Crippen molar-refractivity contribution in [3.63, 3.8) is 0 Å². The Bertz CT molecular complexity index is 949. The van der Waals surface area contributed by atoms with Crippen LogP contribution < -0.4 is 9.64 Å². The van der Waals surface area contributed by atoms with Crippen molar-refractivity contribution in [2.45, 2.75) is 45.2 Å². The van der Waals surface area contributed by atoms with Crippen LogP contribution >= 0.6 is 11.6 Å². The van der Waals surface area contributed by atoms with Gasteiger partial charge in [0.25, 0.3) is 11.8 Å².